The van der Waals surface area contributed by atoms with E-state index in [0.717, 1.165) is 28.1 Å². The van der Waals surface area contributed by atoms with Crippen molar-refractivity contribution in [2.45, 2.75) is 0 Å². The fourth-order valence-corrected chi connectivity index (χ4v) is 12.1. The molecule has 0 spiro atoms. The topological polar surface area (TPSA) is 39.9 Å². The van der Waals surface area contributed by atoms with Gasteiger partial charge in [-0.05, 0) is 56.6 Å². The van der Waals surface area contributed by atoms with E-state index in [2.05, 4.69) is 174 Å². The van der Waals surface area contributed by atoms with Crippen molar-refractivity contribution < 1.29 is 0 Å². The summed E-state index contributed by atoms with van der Waals surface area (Å²) >= 11 is 0. The van der Waals surface area contributed by atoms with Crippen LogP contribution in [0, 0.1) is 11.3 Å². The summed E-state index contributed by atoms with van der Waals surface area (Å²) in [4.78, 5) is 6.97. The van der Waals surface area contributed by atoms with Gasteiger partial charge in [0.05, 0.1) is 16.9 Å². The summed E-state index contributed by atoms with van der Waals surface area (Å²) in [6, 6.07) is 63.3. The maximum atomic E-state index is 9.17. The van der Waals surface area contributed by atoms with Gasteiger partial charge in [-0.2, -0.15) is 5.26 Å². The van der Waals surface area contributed by atoms with E-state index >= 15 is 0 Å². The Labute approximate surface area is 270 Å². The monoisotopic (exact) mass is 603 g/mol. The number of anilines is 3. The first-order valence-electron chi connectivity index (χ1n) is 15.5. The Morgan fingerprint density at radius 2 is 0.978 bits per heavy atom. The second kappa shape index (κ2) is 11.5. The molecule has 1 aromatic heterocycles. The number of para-hydroxylation sites is 3. The second-order valence-electron chi connectivity index (χ2n) is 11.5. The van der Waals surface area contributed by atoms with Gasteiger partial charge in [0.15, 0.2) is 8.07 Å². The summed E-state index contributed by atoms with van der Waals surface area (Å²) in [6.07, 6.45) is 1.62. The minimum Gasteiger partial charge on any atom is -0.310 e. The number of hydrogen-bond acceptors (Lipinski definition) is 3. The lowest BCUT2D eigenvalue weighted by Crippen LogP contribution is -2.77. The van der Waals surface area contributed by atoms with Crippen molar-refractivity contribution in [2.75, 3.05) is 4.90 Å². The van der Waals surface area contributed by atoms with Crippen molar-refractivity contribution in [2.24, 2.45) is 0 Å². The maximum Gasteiger partial charge on any atom is 0.184 e. The van der Waals surface area contributed by atoms with Crippen molar-refractivity contribution in [1.29, 1.82) is 5.26 Å². The Morgan fingerprint density at radius 1 is 0.478 bits per heavy atom. The zero-order chi connectivity index (χ0) is 30.9. The average molecular weight is 604 g/mol. The second-order valence-corrected chi connectivity index (χ2v) is 15.2. The predicted molar refractivity (Wildman–Crippen MR) is 192 cm³/mol. The number of fused-ring (bicyclic) bond motifs is 2. The molecular formula is C42H29N3Si. The normalized spacial score (nSPS) is 12.9. The maximum absolute atomic E-state index is 9.17. The molecule has 0 unspecified atom stereocenters. The Kier molecular flexibility index (Phi) is 6.87. The van der Waals surface area contributed by atoms with Crippen LogP contribution >= 0.6 is 0 Å². The van der Waals surface area contributed by atoms with Crippen LogP contribution in [0.2, 0.25) is 0 Å². The molecule has 8 rings (SSSR count). The molecule has 2 heterocycles. The van der Waals surface area contributed by atoms with Gasteiger partial charge in [0.2, 0.25) is 0 Å². The quantitative estimate of drug-likeness (QED) is 0.192. The third-order valence-corrected chi connectivity index (χ3v) is 13.9. The van der Waals surface area contributed by atoms with Crippen LogP contribution in [0.1, 0.15) is 5.56 Å². The van der Waals surface area contributed by atoms with Crippen LogP contribution < -0.4 is 25.6 Å². The highest BCUT2D eigenvalue weighted by Crippen LogP contribution is 2.43. The number of rotatable bonds is 5. The molecule has 3 nitrogen and oxygen atoms in total. The molecule has 216 valence electrons. The van der Waals surface area contributed by atoms with Crippen LogP contribution in [-0.2, 0) is 0 Å². The van der Waals surface area contributed by atoms with E-state index in [-0.39, 0.29) is 0 Å². The van der Waals surface area contributed by atoms with Gasteiger partial charge in [-0.1, -0.05) is 140 Å². The molecule has 7 aromatic rings. The molecule has 6 aromatic carbocycles. The molecule has 0 atom stereocenters. The van der Waals surface area contributed by atoms with Crippen LogP contribution in [0.5, 0.6) is 0 Å². The molecule has 0 saturated heterocycles. The minimum atomic E-state index is -2.67. The van der Waals surface area contributed by atoms with Gasteiger partial charge in [-0.25, -0.2) is 0 Å². The van der Waals surface area contributed by atoms with Gasteiger partial charge >= 0.3 is 0 Å². The number of nitrogens with zero attached hydrogens (tertiary/aromatic N) is 3. The van der Waals surface area contributed by atoms with E-state index in [1.54, 1.807) is 6.20 Å². The molecule has 0 fully saturated rings. The summed E-state index contributed by atoms with van der Waals surface area (Å²) in [5, 5.41) is 14.7. The lowest BCUT2D eigenvalue weighted by molar-refractivity contribution is 1.29. The Hall–Kier alpha value is -6.02. The van der Waals surface area contributed by atoms with Crippen molar-refractivity contribution in [1.82, 2.24) is 4.98 Å². The highest BCUT2D eigenvalue weighted by molar-refractivity contribution is 7.21. The molecule has 0 amide bonds. The van der Waals surface area contributed by atoms with Gasteiger partial charge in [-0.15, -0.1) is 0 Å². The Bertz CT molecular complexity index is 2110. The smallest absolute Gasteiger partial charge is 0.184 e. The molecular weight excluding hydrogens is 575 g/mol. The van der Waals surface area contributed by atoms with Crippen LogP contribution in [0.4, 0.5) is 17.1 Å². The lowest BCUT2D eigenvalue weighted by Gasteiger charge is -2.45. The number of pyridine rings is 1. The first-order chi connectivity index (χ1) is 22.8. The third kappa shape index (κ3) is 4.37. The van der Waals surface area contributed by atoms with Crippen molar-refractivity contribution >= 4 is 45.9 Å². The van der Waals surface area contributed by atoms with E-state index in [1.165, 1.54) is 32.1 Å². The summed E-state index contributed by atoms with van der Waals surface area (Å²) < 4.78 is 0. The largest absolute Gasteiger partial charge is 0.310 e. The first kappa shape index (κ1) is 27.5. The van der Waals surface area contributed by atoms with E-state index in [9.17, 15) is 5.26 Å². The molecule has 0 N–H and O–H groups in total. The van der Waals surface area contributed by atoms with E-state index in [1.807, 2.05) is 12.1 Å². The molecule has 0 bridgehead atoms. The van der Waals surface area contributed by atoms with Crippen molar-refractivity contribution in [3.63, 3.8) is 0 Å². The number of hydrogen-bond donors (Lipinski definition) is 0. The van der Waals surface area contributed by atoms with Crippen molar-refractivity contribution in [3.05, 3.63) is 182 Å². The fourth-order valence-electron chi connectivity index (χ4n) is 7.03. The number of aromatic nitrogens is 1. The molecule has 46 heavy (non-hydrogen) atoms. The highest BCUT2D eigenvalue weighted by atomic mass is 28.3. The van der Waals surface area contributed by atoms with Gasteiger partial charge in [-0.3, -0.25) is 4.98 Å². The SMILES string of the molecule is N#Cc1ccc(-c2ccc(-c3ccccc3N3c4ccccc4[Si](c4ccccc4)(c4ccccc4)c4ccccc43)cc2)nc1. The van der Waals surface area contributed by atoms with E-state index < -0.39 is 8.07 Å². The average Bonchev–Trinajstić information content (AvgIpc) is 3.15. The molecule has 1 aliphatic rings. The summed E-state index contributed by atoms with van der Waals surface area (Å²) in [7, 11) is -2.67. The standard InChI is InChI=1S/C42H29N3Si/c43-29-31-23-28-37(44-30-31)33-26-24-32(25-27-33)36-17-7-8-18-38(36)45-39-19-9-11-21-41(39)46(34-13-3-1-4-14-34,35-15-5-2-6-16-35)42-22-12-10-20-40(42)45/h1-28,30H. The summed E-state index contributed by atoms with van der Waals surface area (Å²) in [5.74, 6) is 0. The zero-order valence-electron chi connectivity index (χ0n) is 25.1. The van der Waals surface area contributed by atoms with Crippen molar-refractivity contribution in [3.8, 4) is 28.5 Å². The van der Waals surface area contributed by atoms with Crippen LogP contribution in [0.15, 0.2) is 176 Å². The van der Waals surface area contributed by atoms with Gasteiger partial charge in [0.25, 0.3) is 0 Å². The molecule has 0 aliphatic carbocycles. The summed E-state index contributed by atoms with van der Waals surface area (Å²) in [6.45, 7) is 0. The molecule has 0 radical (unpaired) electrons. The lowest BCUT2D eigenvalue weighted by atomic mass is 9.99. The molecule has 1 aliphatic heterocycles. The molecule has 0 saturated carbocycles. The van der Waals surface area contributed by atoms with Crippen LogP contribution in [0.3, 0.4) is 0 Å². The Balaban J connectivity index is 1.33. The van der Waals surface area contributed by atoms with E-state index in [0.29, 0.717) is 5.56 Å². The van der Waals surface area contributed by atoms with Gasteiger partial charge < -0.3 is 4.90 Å². The first-order valence-corrected chi connectivity index (χ1v) is 17.5. The number of nitriles is 1. The predicted octanol–water partition coefficient (Wildman–Crippen LogP) is 7.45. The van der Waals surface area contributed by atoms with Gasteiger partial charge in [0.1, 0.15) is 6.07 Å². The van der Waals surface area contributed by atoms with Crippen LogP contribution in [-0.4, -0.2) is 13.1 Å². The zero-order valence-corrected chi connectivity index (χ0v) is 26.1. The molecule has 4 heteroatoms. The third-order valence-electron chi connectivity index (χ3n) is 9.04. The minimum absolute atomic E-state index is 0.558. The highest BCUT2D eigenvalue weighted by Gasteiger charge is 2.48. The van der Waals surface area contributed by atoms with E-state index in [4.69, 9.17) is 0 Å². The number of benzene rings is 6. The summed E-state index contributed by atoms with van der Waals surface area (Å²) in [5.41, 5.74) is 8.26. The Morgan fingerprint density at radius 3 is 1.52 bits per heavy atom. The van der Waals surface area contributed by atoms with Gasteiger partial charge in [0, 0.05) is 28.7 Å². The fraction of sp³-hybridized carbons (Fsp3) is 0. The van der Waals surface area contributed by atoms with Crippen LogP contribution in [0.25, 0.3) is 22.4 Å².